The van der Waals surface area contributed by atoms with Gasteiger partial charge in [-0.25, -0.2) is 5.43 Å². The molecule has 2 aromatic rings. The molecule has 5 nitrogen and oxygen atoms in total. The fraction of sp³-hybridized carbons (Fsp3) is 0.250. The predicted octanol–water partition coefficient (Wildman–Crippen LogP) is 3.56. The van der Waals surface area contributed by atoms with Gasteiger partial charge in [-0.3, -0.25) is 9.59 Å². The fourth-order valence-electron chi connectivity index (χ4n) is 2.23. The molecule has 0 bridgehead atoms. The van der Waals surface area contributed by atoms with Gasteiger partial charge in [0.2, 0.25) is 11.8 Å². The van der Waals surface area contributed by atoms with Crippen LogP contribution in [0.15, 0.2) is 53.6 Å². The summed E-state index contributed by atoms with van der Waals surface area (Å²) in [5, 5.41) is 6.86. The largest absolute Gasteiger partial charge is 0.326 e. The number of hydrogen-bond acceptors (Lipinski definition) is 3. The summed E-state index contributed by atoms with van der Waals surface area (Å²) in [6.45, 7) is 5.80. The predicted molar refractivity (Wildman–Crippen MR) is 101 cm³/mol. The van der Waals surface area contributed by atoms with E-state index in [0.29, 0.717) is 0 Å². The minimum atomic E-state index is -0.286. The van der Waals surface area contributed by atoms with Crippen molar-refractivity contribution in [3.05, 3.63) is 65.2 Å². The number of carbonyl (C=O) groups is 2. The molecular weight excluding hydrogens is 314 g/mol. The first-order chi connectivity index (χ1) is 11.9. The van der Waals surface area contributed by atoms with E-state index in [4.69, 9.17) is 0 Å². The van der Waals surface area contributed by atoms with Crippen LogP contribution in [0, 0.1) is 13.8 Å². The second kappa shape index (κ2) is 8.78. The van der Waals surface area contributed by atoms with Crippen molar-refractivity contribution in [2.24, 2.45) is 5.10 Å². The van der Waals surface area contributed by atoms with E-state index in [0.717, 1.165) is 22.5 Å². The zero-order valence-corrected chi connectivity index (χ0v) is 14.8. The van der Waals surface area contributed by atoms with Crippen molar-refractivity contribution in [1.82, 2.24) is 5.43 Å². The lowest BCUT2D eigenvalue weighted by molar-refractivity contribution is -0.124. The van der Waals surface area contributed by atoms with Crippen LogP contribution in [-0.4, -0.2) is 17.5 Å². The van der Waals surface area contributed by atoms with Gasteiger partial charge in [-0.05, 0) is 44.0 Å². The average molecular weight is 337 g/mol. The number of anilines is 1. The van der Waals surface area contributed by atoms with E-state index in [1.165, 1.54) is 5.56 Å². The van der Waals surface area contributed by atoms with Crippen molar-refractivity contribution in [3.63, 3.8) is 0 Å². The SMILES string of the molecule is CC(=NNC(=O)CCC(=O)Nc1cccc(C)c1)c1ccc(C)cc1. The van der Waals surface area contributed by atoms with Crippen LogP contribution in [0.25, 0.3) is 0 Å². The maximum atomic E-state index is 11.9. The highest BCUT2D eigenvalue weighted by Crippen LogP contribution is 2.10. The summed E-state index contributed by atoms with van der Waals surface area (Å²) in [7, 11) is 0. The molecule has 0 aliphatic rings. The molecule has 2 rings (SSSR count). The maximum absolute atomic E-state index is 11.9. The Kier molecular flexibility index (Phi) is 6.46. The third kappa shape index (κ3) is 6.22. The van der Waals surface area contributed by atoms with Crippen LogP contribution in [0.3, 0.4) is 0 Å². The molecule has 2 N–H and O–H groups in total. The lowest BCUT2D eigenvalue weighted by atomic mass is 10.1. The second-order valence-corrected chi connectivity index (χ2v) is 6.02. The number of nitrogens with one attached hydrogen (secondary N) is 2. The molecule has 2 amide bonds. The number of amides is 2. The normalized spacial score (nSPS) is 11.1. The first-order valence-electron chi connectivity index (χ1n) is 8.21. The molecule has 0 saturated carbocycles. The first kappa shape index (κ1) is 18.4. The summed E-state index contributed by atoms with van der Waals surface area (Å²) in [6.07, 6.45) is 0.196. The topological polar surface area (TPSA) is 70.6 Å². The Labute approximate surface area is 148 Å². The average Bonchev–Trinajstić information content (AvgIpc) is 2.58. The van der Waals surface area contributed by atoms with Gasteiger partial charge in [0.25, 0.3) is 0 Å². The summed E-state index contributed by atoms with van der Waals surface area (Å²) in [5.74, 6) is -0.481. The van der Waals surface area contributed by atoms with Gasteiger partial charge < -0.3 is 5.32 Å². The third-order valence-electron chi connectivity index (χ3n) is 3.70. The van der Waals surface area contributed by atoms with Crippen LogP contribution in [0.5, 0.6) is 0 Å². The molecule has 0 unspecified atom stereocenters. The smallest absolute Gasteiger partial charge is 0.240 e. The Balaban J connectivity index is 1.79. The summed E-state index contributed by atoms with van der Waals surface area (Å²) >= 11 is 0. The van der Waals surface area contributed by atoms with Gasteiger partial charge in [0.1, 0.15) is 0 Å². The lowest BCUT2D eigenvalue weighted by Crippen LogP contribution is -2.21. The molecule has 2 aromatic carbocycles. The van der Waals surface area contributed by atoms with Gasteiger partial charge in [-0.1, -0.05) is 42.0 Å². The third-order valence-corrected chi connectivity index (χ3v) is 3.70. The molecule has 0 spiro atoms. The molecule has 5 heteroatoms. The molecule has 0 heterocycles. The molecule has 0 aliphatic heterocycles. The zero-order valence-electron chi connectivity index (χ0n) is 14.8. The summed E-state index contributed by atoms with van der Waals surface area (Å²) in [4.78, 5) is 23.7. The summed E-state index contributed by atoms with van der Waals surface area (Å²) in [6, 6.07) is 15.4. The number of hydrazone groups is 1. The van der Waals surface area contributed by atoms with E-state index in [1.807, 2.05) is 69.3 Å². The molecular formula is C20H23N3O2. The molecule has 0 aliphatic carbocycles. The van der Waals surface area contributed by atoms with Crippen molar-refractivity contribution in [2.45, 2.75) is 33.6 Å². The quantitative estimate of drug-likeness (QED) is 0.625. The molecule has 130 valence electrons. The van der Waals surface area contributed by atoms with E-state index in [-0.39, 0.29) is 24.7 Å². The molecule has 0 radical (unpaired) electrons. The Morgan fingerprint density at radius 3 is 2.28 bits per heavy atom. The maximum Gasteiger partial charge on any atom is 0.240 e. The van der Waals surface area contributed by atoms with Crippen molar-refractivity contribution < 1.29 is 9.59 Å². The van der Waals surface area contributed by atoms with Crippen molar-refractivity contribution in [2.75, 3.05) is 5.32 Å². The van der Waals surface area contributed by atoms with Gasteiger partial charge in [0.05, 0.1) is 5.71 Å². The molecule has 0 aromatic heterocycles. The second-order valence-electron chi connectivity index (χ2n) is 6.02. The lowest BCUT2D eigenvalue weighted by Gasteiger charge is -2.06. The number of aryl methyl sites for hydroxylation is 2. The zero-order chi connectivity index (χ0) is 18.2. The van der Waals surface area contributed by atoms with Crippen LogP contribution in [-0.2, 0) is 9.59 Å². The number of carbonyl (C=O) groups excluding carboxylic acids is 2. The molecule has 25 heavy (non-hydrogen) atoms. The van der Waals surface area contributed by atoms with Gasteiger partial charge in [0, 0.05) is 18.5 Å². The Morgan fingerprint density at radius 2 is 1.60 bits per heavy atom. The minimum absolute atomic E-state index is 0.0856. The van der Waals surface area contributed by atoms with Gasteiger partial charge in [-0.15, -0.1) is 0 Å². The fourth-order valence-corrected chi connectivity index (χ4v) is 2.23. The Hall–Kier alpha value is -2.95. The van der Waals surface area contributed by atoms with E-state index >= 15 is 0 Å². The van der Waals surface area contributed by atoms with Crippen LogP contribution < -0.4 is 10.7 Å². The monoisotopic (exact) mass is 337 g/mol. The number of nitrogens with zero attached hydrogens (tertiary/aromatic N) is 1. The van der Waals surface area contributed by atoms with Crippen molar-refractivity contribution in [1.29, 1.82) is 0 Å². The van der Waals surface area contributed by atoms with E-state index in [9.17, 15) is 9.59 Å². The Bertz CT molecular complexity index is 780. The Morgan fingerprint density at radius 1 is 0.920 bits per heavy atom. The number of hydrogen-bond donors (Lipinski definition) is 2. The highest BCUT2D eigenvalue weighted by atomic mass is 16.2. The summed E-state index contributed by atoms with van der Waals surface area (Å²) < 4.78 is 0. The minimum Gasteiger partial charge on any atom is -0.326 e. The number of benzene rings is 2. The highest BCUT2D eigenvalue weighted by Gasteiger charge is 2.07. The summed E-state index contributed by atoms with van der Waals surface area (Å²) in [5.41, 5.74) is 7.13. The van der Waals surface area contributed by atoms with E-state index in [2.05, 4.69) is 15.8 Å². The standard InChI is InChI=1S/C20H23N3O2/c1-14-7-9-17(10-8-14)16(3)22-23-20(25)12-11-19(24)21-18-6-4-5-15(2)13-18/h4-10,13H,11-12H2,1-3H3,(H,21,24)(H,23,25). The van der Waals surface area contributed by atoms with Crippen LogP contribution >= 0.6 is 0 Å². The molecule has 0 atom stereocenters. The van der Waals surface area contributed by atoms with Gasteiger partial charge in [-0.2, -0.15) is 5.10 Å². The van der Waals surface area contributed by atoms with Crippen LogP contribution in [0.1, 0.15) is 36.5 Å². The highest BCUT2D eigenvalue weighted by molar-refractivity contribution is 5.99. The first-order valence-corrected chi connectivity index (χ1v) is 8.21. The van der Waals surface area contributed by atoms with Crippen LogP contribution in [0.2, 0.25) is 0 Å². The van der Waals surface area contributed by atoms with E-state index in [1.54, 1.807) is 0 Å². The van der Waals surface area contributed by atoms with Crippen molar-refractivity contribution in [3.8, 4) is 0 Å². The van der Waals surface area contributed by atoms with Gasteiger partial charge >= 0.3 is 0 Å². The molecule has 0 fully saturated rings. The van der Waals surface area contributed by atoms with E-state index < -0.39 is 0 Å². The van der Waals surface area contributed by atoms with Crippen molar-refractivity contribution >= 4 is 23.2 Å². The molecule has 0 saturated heterocycles. The number of rotatable bonds is 6. The van der Waals surface area contributed by atoms with Crippen LogP contribution in [0.4, 0.5) is 5.69 Å². The van der Waals surface area contributed by atoms with Gasteiger partial charge in [0.15, 0.2) is 0 Å².